The molecule has 16 heavy (non-hydrogen) atoms. The van der Waals surface area contributed by atoms with Crippen LogP contribution in [0.5, 0.6) is 0 Å². The maximum Gasteiger partial charge on any atom is 0.0503 e. The summed E-state index contributed by atoms with van der Waals surface area (Å²) in [5, 5.41) is 0. The molecule has 1 saturated heterocycles. The third kappa shape index (κ3) is 3.44. The Morgan fingerprint density at radius 2 is 2.06 bits per heavy atom. The average Bonchev–Trinajstić information content (AvgIpc) is 2.74. The van der Waals surface area contributed by atoms with Crippen LogP contribution in [0.3, 0.4) is 0 Å². The minimum Gasteiger partial charge on any atom is -0.384 e. The zero-order chi connectivity index (χ0) is 12.0. The van der Waals surface area contributed by atoms with Crippen molar-refractivity contribution in [3.05, 3.63) is 0 Å². The van der Waals surface area contributed by atoms with E-state index in [0.29, 0.717) is 12.0 Å². The average molecular weight is 228 g/mol. The van der Waals surface area contributed by atoms with Crippen LogP contribution >= 0.6 is 0 Å². The molecule has 0 aromatic rings. The van der Waals surface area contributed by atoms with E-state index in [9.17, 15) is 0 Å². The van der Waals surface area contributed by atoms with Gasteiger partial charge in [0.1, 0.15) is 0 Å². The van der Waals surface area contributed by atoms with Crippen molar-refractivity contribution in [3.63, 3.8) is 0 Å². The third-order valence-electron chi connectivity index (χ3n) is 4.02. The molecule has 1 aliphatic heterocycles. The first-order chi connectivity index (χ1) is 7.76. The fraction of sp³-hybridized carbons (Fsp3) is 1.00. The molecule has 0 amide bonds. The second kappa shape index (κ2) is 7.25. The van der Waals surface area contributed by atoms with Crippen molar-refractivity contribution < 1.29 is 4.74 Å². The van der Waals surface area contributed by atoms with E-state index in [0.717, 1.165) is 19.1 Å². The van der Waals surface area contributed by atoms with Crippen molar-refractivity contribution in [2.24, 2.45) is 17.6 Å². The van der Waals surface area contributed by atoms with Crippen molar-refractivity contribution in [1.29, 1.82) is 0 Å². The summed E-state index contributed by atoms with van der Waals surface area (Å²) in [6.07, 6.45) is 3.75. The lowest BCUT2D eigenvalue weighted by atomic mass is 9.93. The summed E-state index contributed by atoms with van der Waals surface area (Å²) in [5.74, 6) is 1.47. The fourth-order valence-electron chi connectivity index (χ4n) is 3.01. The Kier molecular flexibility index (Phi) is 6.32. The summed E-state index contributed by atoms with van der Waals surface area (Å²) < 4.78 is 5.24. The highest BCUT2D eigenvalue weighted by Gasteiger charge is 2.30. The normalized spacial score (nSPS) is 24.2. The van der Waals surface area contributed by atoms with E-state index in [-0.39, 0.29) is 0 Å². The number of likely N-dealkylation sites (tertiary alicyclic amines) is 1. The van der Waals surface area contributed by atoms with Crippen molar-refractivity contribution >= 4 is 0 Å². The van der Waals surface area contributed by atoms with Gasteiger partial charge in [-0.15, -0.1) is 0 Å². The van der Waals surface area contributed by atoms with Gasteiger partial charge in [0.15, 0.2) is 0 Å². The first-order valence-electron chi connectivity index (χ1n) is 6.69. The number of hydrogen-bond acceptors (Lipinski definition) is 3. The summed E-state index contributed by atoms with van der Waals surface area (Å²) in [5.41, 5.74) is 5.95. The second-order valence-electron chi connectivity index (χ2n) is 4.98. The van der Waals surface area contributed by atoms with Gasteiger partial charge in [0.2, 0.25) is 0 Å². The Morgan fingerprint density at radius 3 is 2.56 bits per heavy atom. The first-order valence-corrected chi connectivity index (χ1v) is 6.69. The van der Waals surface area contributed by atoms with Crippen LogP contribution in [0.2, 0.25) is 0 Å². The maximum absolute atomic E-state index is 5.95. The molecular weight excluding hydrogens is 200 g/mol. The van der Waals surface area contributed by atoms with Gasteiger partial charge in [-0.1, -0.05) is 26.7 Å². The lowest BCUT2D eigenvalue weighted by molar-refractivity contribution is 0.132. The molecule has 96 valence electrons. The van der Waals surface area contributed by atoms with Crippen LogP contribution in [-0.2, 0) is 4.74 Å². The number of hydrogen-bond donors (Lipinski definition) is 1. The number of nitrogens with two attached hydrogens (primary N) is 1. The lowest BCUT2D eigenvalue weighted by Gasteiger charge is -2.33. The number of methoxy groups -OCH3 is 1. The van der Waals surface area contributed by atoms with Gasteiger partial charge < -0.3 is 10.5 Å². The molecule has 0 radical (unpaired) electrons. The summed E-state index contributed by atoms with van der Waals surface area (Å²) in [4.78, 5) is 2.58. The van der Waals surface area contributed by atoms with Gasteiger partial charge in [0.25, 0.3) is 0 Å². The molecule has 0 aromatic heterocycles. The van der Waals surface area contributed by atoms with Crippen LogP contribution < -0.4 is 5.73 Å². The standard InChI is InChI=1S/C13H28N2O/c1-4-12(5-2)13(8-14)15-7-6-11(9-15)10-16-3/h11-13H,4-10,14H2,1-3H3. The molecule has 3 nitrogen and oxygen atoms in total. The molecule has 0 bridgehead atoms. The molecule has 1 rings (SSSR count). The van der Waals surface area contributed by atoms with Gasteiger partial charge in [-0.05, 0) is 24.8 Å². The fourth-order valence-corrected chi connectivity index (χ4v) is 3.01. The second-order valence-corrected chi connectivity index (χ2v) is 4.98. The number of rotatable bonds is 7. The summed E-state index contributed by atoms with van der Waals surface area (Å²) in [6, 6.07) is 0.580. The van der Waals surface area contributed by atoms with Crippen molar-refractivity contribution in [2.75, 3.05) is 33.4 Å². The highest BCUT2D eigenvalue weighted by molar-refractivity contribution is 4.85. The zero-order valence-corrected chi connectivity index (χ0v) is 11.1. The predicted molar refractivity (Wildman–Crippen MR) is 68.5 cm³/mol. The molecular formula is C13H28N2O. The van der Waals surface area contributed by atoms with Crippen LogP contribution in [0.25, 0.3) is 0 Å². The molecule has 1 fully saturated rings. The van der Waals surface area contributed by atoms with Gasteiger partial charge in [0, 0.05) is 26.2 Å². The molecule has 0 aromatic carbocycles. The van der Waals surface area contributed by atoms with Crippen molar-refractivity contribution in [1.82, 2.24) is 4.90 Å². The topological polar surface area (TPSA) is 38.5 Å². The van der Waals surface area contributed by atoms with E-state index >= 15 is 0 Å². The molecule has 0 aliphatic carbocycles. The van der Waals surface area contributed by atoms with Gasteiger partial charge >= 0.3 is 0 Å². The number of ether oxygens (including phenoxy) is 1. The Hall–Kier alpha value is -0.120. The highest BCUT2D eigenvalue weighted by Crippen LogP contribution is 2.25. The molecule has 1 aliphatic rings. The van der Waals surface area contributed by atoms with Crippen LogP contribution in [0.4, 0.5) is 0 Å². The van der Waals surface area contributed by atoms with Gasteiger partial charge in [0.05, 0.1) is 6.61 Å². The molecule has 2 atom stereocenters. The van der Waals surface area contributed by atoms with Crippen LogP contribution in [0.15, 0.2) is 0 Å². The Morgan fingerprint density at radius 1 is 1.38 bits per heavy atom. The molecule has 0 spiro atoms. The molecule has 3 heteroatoms. The molecule has 1 heterocycles. The van der Waals surface area contributed by atoms with Crippen molar-refractivity contribution in [3.8, 4) is 0 Å². The smallest absolute Gasteiger partial charge is 0.0503 e. The summed E-state index contributed by atoms with van der Waals surface area (Å²) in [7, 11) is 1.80. The SMILES string of the molecule is CCC(CC)C(CN)N1CCC(COC)C1. The highest BCUT2D eigenvalue weighted by atomic mass is 16.5. The first kappa shape index (κ1) is 13.9. The quantitative estimate of drug-likeness (QED) is 0.721. The lowest BCUT2D eigenvalue weighted by Crippen LogP contribution is -2.44. The van der Waals surface area contributed by atoms with E-state index in [1.54, 1.807) is 7.11 Å². The minimum absolute atomic E-state index is 0.580. The van der Waals surface area contributed by atoms with E-state index in [4.69, 9.17) is 10.5 Å². The summed E-state index contributed by atoms with van der Waals surface area (Å²) >= 11 is 0. The van der Waals surface area contributed by atoms with Crippen molar-refractivity contribution in [2.45, 2.75) is 39.2 Å². The summed E-state index contributed by atoms with van der Waals surface area (Å²) in [6.45, 7) is 8.63. The number of nitrogens with zero attached hydrogens (tertiary/aromatic N) is 1. The largest absolute Gasteiger partial charge is 0.384 e. The molecule has 2 N–H and O–H groups in total. The zero-order valence-electron chi connectivity index (χ0n) is 11.1. The van der Waals surface area contributed by atoms with Gasteiger partial charge in [-0.3, -0.25) is 4.90 Å². The van der Waals surface area contributed by atoms with E-state index in [1.807, 2.05) is 0 Å². The Bertz CT molecular complexity index is 183. The Balaban J connectivity index is 2.48. The van der Waals surface area contributed by atoms with E-state index in [2.05, 4.69) is 18.7 Å². The molecule has 2 unspecified atom stereocenters. The van der Waals surface area contributed by atoms with Crippen LogP contribution in [0, 0.1) is 11.8 Å². The molecule has 0 saturated carbocycles. The monoisotopic (exact) mass is 228 g/mol. The van der Waals surface area contributed by atoms with Crippen LogP contribution in [0.1, 0.15) is 33.1 Å². The maximum atomic E-state index is 5.95. The Labute approximate surface area is 100 Å². The van der Waals surface area contributed by atoms with Crippen LogP contribution in [-0.4, -0.2) is 44.3 Å². The minimum atomic E-state index is 0.580. The predicted octanol–water partition coefficient (Wildman–Crippen LogP) is 1.72. The third-order valence-corrected chi connectivity index (χ3v) is 4.02. The van der Waals surface area contributed by atoms with E-state index in [1.165, 1.54) is 32.4 Å². The van der Waals surface area contributed by atoms with Gasteiger partial charge in [-0.25, -0.2) is 0 Å². The van der Waals surface area contributed by atoms with E-state index < -0.39 is 0 Å². The van der Waals surface area contributed by atoms with Gasteiger partial charge in [-0.2, -0.15) is 0 Å².